The third kappa shape index (κ3) is 4.64. The number of alkyl halides is 3. The second-order valence-electron chi connectivity index (χ2n) is 9.57. The van der Waals surface area contributed by atoms with Crippen molar-refractivity contribution in [2.45, 2.75) is 50.2 Å². The third-order valence-electron chi connectivity index (χ3n) is 7.53. The number of allylic oxidation sites excluding steroid dienone is 2. The van der Waals surface area contributed by atoms with Gasteiger partial charge < -0.3 is 10.0 Å². The van der Waals surface area contributed by atoms with Crippen LogP contribution >= 0.6 is 0 Å². The number of aliphatic carboxylic acids is 1. The lowest BCUT2D eigenvalue weighted by molar-refractivity contribution is -0.256. The average Bonchev–Trinajstić information content (AvgIpc) is 2.75. The van der Waals surface area contributed by atoms with E-state index in [1.807, 2.05) is 47.4 Å². The summed E-state index contributed by atoms with van der Waals surface area (Å²) in [5.41, 5.74) is -0.589. The first-order valence-electron chi connectivity index (χ1n) is 11.5. The van der Waals surface area contributed by atoms with Crippen LogP contribution in [-0.2, 0) is 4.79 Å². The van der Waals surface area contributed by atoms with Crippen molar-refractivity contribution in [3.63, 3.8) is 0 Å². The highest BCUT2D eigenvalue weighted by molar-refractivity contribution is 5.86. The van der Waals surface area contributed by atoms with Crippen LogP contribution in [-0.4, -0.2) is 53.9 Å². The van der Waals surface area contributed by atoms with E-state index in [0.29, 0.717) is 32.5 Å². The van der Waals surface area contributed by atoms with Gasteiger partial charge in [-0.25, -0.2) is 4.79 Å². The number of piperidine rings is 1. The van der Waals surface area contributed by atoms with Crippen molar-refractivity contribution in [3.8, 4) is 0 Å². The summed E-state index contributed by atoms with van der Waals surface area (Å²) in [6, 6.07) is 9.85. The maximum atomic E-state index is 13.5. The van der Waals surface area contributed by atoms with Gasteiger partial charge in [0.2, 0.25) is 0 Å². The summed E-state index contributed by atoms with van der Waals surface area (Å²) in [6.45, 7) is 1.92. The molecule has 0 radical (unpaired) electrons. The van der Waals surface area contributed by atoms with Crippen molar-refractivity contribution in [1.82, 2.24) is 10.2 Å². The van der Waals surface area contributed by atoms with E-state index >= 15 is 0 Å². The summed E-state index contributed by atoms with van der Waals surface area (Å²) in [5.74, 6) is -0.648. The zero-order chi connectivity index (χ0) is 22.8. The molecule has 3 aliphatic rings. The maximum Gasteiger partial charge on any atom is 0.395 e. The molecule has 1 unspecified atom stereocenters. The Kier molecular flexibility index (Phi) is 6.50. The van der Waals surface area contributed by atoms with Crippen LogP contribution in [0.3, 0.4) is 0 Å². The molecule has 2 fully saturated rings. The Labute approximate surface area is 187 Å². The number of carboxylic acid groups (broad SMARTS) is 1. The Morgan fingerprint density at radius 3 is 2.34 bits per heavy atom. The number of nitrogens with zero attached hydrogens (tertiary/aromatic N) is 1. The minimum absolute atomic E-state index is 0.103. The molecule has 174 valence electrons. The molecule has 1 aliphatic heterocycles. The van der Waals surface area contributed by atoms with Gasteiger partial charge in [-0.05, 0) is 68.8 Å². The Morgan fingerprint density at radius 1 is 1.16 bits per heavy atom. The number of hydrogen-bond donors (Lipinski definition) is 2. The largest absolute Gasteiger partial charge is 0.480 e. The third-order valence-corrected chi connectivity index (χ3v) is 7.53. The lowest BCUT2D eigenvalue weighted by Crippen LogP contribution is -2.55. The first-order chi connectivity index (χ1) is 15.2. The molecular weight excluding hydrogens is 417 g/mol. The number of hydrogen-bond acceptors (Lipinski definition) is 3. The monoisotopic (exact) mass is 448 g/mol. The van der Waals surface area contributed by atoms with Crippen LogP contribution in [0.1, 0.15) is 44.1 Å². The molecule has 4 rings (SSSR count). The van der Waals surface area contributed by atoms with E-state index in [-0.39, 0.29) is 25.3 Å². The SMILES string of the molecule is O=C(O)C1(NCC2CCN(CC3(C(F)(F)F)CCC3)CC2)C=CC(c2ccccc2)=CC1. The lowest BCUT2D eigenvalue weighted by Gasteiger charge is -2.47. The van der Waals surface area contributed by atoms with Gasteiger partial charge in [-0.3, -0.25) is 5.32 Å². The van der Waals surface area contributed by atoms with E-state index < -0.39 is 23.1 Å². The summed E-state index contributed by atoms with van der Waals surface area (Å²) >= 11 is 0. The van der Waals surface area contributed by atoms with Gasteiger partial charge in [-0.2, -0.15) is 13.2 Å². The molecule has 0 spiro atoms. The van der Waals surface area contributed by atoms with Gasteiger partial charge in [0.05, 0.1) is 5.41 Å². The zero-order valence-corrected chi connectivity index (χ0v) is 18.2. The van der Waals surface area contributed by atoms with E-state index in [9.17, 15) is 23.1 Å². The number of rotatable bonds is 7. The minimum Gasteiger partial charge on any atom is -0.480 e. The molecule has 2 N–H and O–H groups in total. The predicted octanol–water partition coefficient (Wildman–Crippen LogP) is 4.89. The summed E-state index contributed by atoms with van der Waals surface area (Å²) in [4.78, 5) is 14.0. The van der Waals surface area contributed by atoms with Crippen LogP contribution in [0.25, 0.3) is 5.57 Å². The van der Waals surface area contributed by atoms with Crippen LogP contribution in [0.4, 0.5) is 13.2 Å². The van der Waals surface area contributed by atoms with Gasteiger partial charge in [0.1, 0.15) is 5.54 Å². The van der Waals surface area contributed by atoms with E-state index in [1.165, 1.54) is 0 Å². The topological polar surface area (TPSA) is 52.6 Å². The quantitative estimate of drug-likeness (QED) is 0.624. The van der Waals surface area contributed by atoms with E-state index in [2.05, 4.69) is 5.32 Å². The Hall–Kier alpha value is -2.12. The van der Waals surface area contributed by atoms with Crippen LogP contribution in [0.5, 0.6) is 0 Å². The second-order valence-corrected chi connectivity index (χ2v) is 9.57. The molecule has 1 heterocycles. The van der Waals surface area contributed by atoms with Gasteiger partial charge in [-0.15, -0.1) is 0 Å². The summed E-state index contributed by atoms with van der Waals surface area (Å²) in [7, 11) is 0. The van der Waals surface area contributed by atoms with E-state index in [0.717, 1.165) is 24.0 Å². The number of carboxylic acids is 1. The van der Waals surface area contributed by atoms with Gasteiger partial charge in [-0.1, -0.05) is 55.0 Å². The van der Waals surface area contributed by atoms with Crippen molar-refractivity contribution >= 4 is 11.5 Å². The highest BCUT2D eigenvalue weighted by Gasteiger charge is 2.58. The zero-order valence-electron chi connectivity index (χ0n) is 18.2. The predicted molar refractivity (Wildman–Crippen MR) is 118 cm³/mol. The molecule has 4 nitrogen and oxygen atoms in total. The standard InChI is InChI=1S/C25H31F3N2O2/c26-25(27,28)23(11-4-12-23)18-30-15-9-19(10-16-30)17-29-24(22(31)32)13-7-21(8-14-24)20-5-2-1-3-6-20/h1-3,5-8,13,19,29H,4,9-12,14-18H2,(H,31,32). The van der Waals surface area contributed by atoms with Crippen LogP contribution in [0.2, 0.25) is 0 Å². The fourth-order valence-corrected chi connectivity index (χ4v) is 5.09. The fourth-order valence-electron chi connectivity index (χ4n) is 5.09. The molecule has 1 saturated heterocycles. The van der Waals surface area contributed by atoms with Crippen molar-refractivity contribution in [2.24, 2.45) is 11.3 Å². The van der Waals surface area contributed by atoms with Crippen LogP contribution in [0.15, 0.2) is 48.6 Å². The normalized spacial score (nSPS) is 26.4. The maximum absolute atomic E-state index is 13.5. The molecule has 1 aromatic carbocycles. The summed E-state index contributed by atoms with van der Waals surface area (Å²) < 4.78 is 40.4. The number of likely N-dealkylation sites (tertiary alicyclic amines) is 1. The molecule has 1 atom stereocenters. The van der Waals surface area contributed by atoms with E-state index in [1.54, 1.807) is 6.08 Å². The van der Waals surface area contributed by atoms with E-state index in [4.69, 9.17) is 0 Å². The molecule has 1 saturated carbocycles. The summed E-state index contributed by atoms with van der Waals surface area (Å²) in [5, 5.41) is 13.2. The number of halogens is 3. The van der Waals surface area contributed by atoms with Gasteiger partial charge in [0.25, 0.3) is 0 Å². The van der Waals surface area contributed by atoms with Crippen molar-refractivity contribution in [2.75, 3.05) is 26.2 Å². The first kappa shape index (κ1) is 23.1. The van der Waals surface area contributed by atoms with Gasteiger partial charge >= 0.3 is 12.1 Å². The minimum atomic E-state index is -4.13. The van der Waals surface area contributed by atoms with Gasteiger partial charge in [0, 0.05) is 6.54 Å². The molecular formula is C25H31F3N2O2. The highest BCUT2D eigenvalue weighted by atomic mass is 19.4. The molecule has 1 aromatic rings. The molecule has 2 aliphatic carbocycles. The summed E-state index contributed by atoms with van der Waals surface area (Å²) in [6.07, 6.45) is 4.48. The molecule has 7 heteroatoms. The fraction of sp³-hybridized carbons (Fsp3) is 0.560. The number of nitrogens with one attached hydrogen (secondary N) is 1. The number of benzene rings is 1. The molecule has 0 bridgehead atoms. The Morgan fingerprint density at radius 2 is 1.84 bits per heavy atom. The molecule has 32 heavy (non-hydrogen) atoms. The van der Waals surface area contributed by atoms with Crippen molar-refractivity contribution in [3.05, 3.63) is 54.1 Å². The van der Waals surface area contributed by atoms with Crippen molar-refractivity contribution in [1.29, 1.82) is 0 Å². The average molecular weight is 449 g/mol. The van der Waals surface area contributed by atoms with Crippen molar-refractivity contribution < 1.29 is 23.1 Å². The lowest BCUT2D eigenvalue weighted by atomic mass is 9.67. The molecule has 0 aromatic heterocycles. The van der Waals surface area contributed by atoms with Gasteiger partial charge in [0.15, 0.2) is 0 Å². The highest BCUT2D eigenvalue weighted by Crippen LogP contribution is 2.53. The Balaban J connectivity index is 1.29. The Bertz CT molecular complexity index is 869. The van der Waals surface area contributed by atoms with Crippen LogP contribution in [0, 0.1) is 11.3 Å². The molecule has 0 amide bonds. The first-order valence-corrected chi connectivity index (χ1v) is 11.5. The van der Waals surface area contributed by atoms with Crippen LogP contribution < -0.4 is 5.32 Å². The number of carbonyl (C=O) groups is 1. The smallest absolute Gasteiger partial charge is 0.395 e. The second kappa shape index (κ2) is 9.02.